The van der Waals surface area contributed by atoms with E-state index < -0.39 is 0 Å². The minimum atomic E-state index is -0.158. The number of anilines is 1. The maximum absolute atomic E-state index is 12.0. The number of rotatable bonds is 4. The minimum absolute atomic E-state index is 0.0986. The lowest BCUT2D eigenvalue weighted by Gasteiger charge is -2.33. The van der Waals surface area contributed by atoms with Gasteiger partial charge in [0.05, 0.1) is 0 Å². The number of carbonyl (C=O) groups is 1. The zero-order valence-electron chi connectivity index (χ0n) is 12.9. The largest absolute Gasteiger partial charge is 0.339 e. The molecule has 23 heavy (non-hydrogen) atoms. The molecule has 1 aliphatic heterocycles. The first-order valence-electron chi connectivity index (χ1n) is 7.76. The van der Waals surface area contributed by atoms with Crippen LogP contribution >= 0.6 is 0 Å². The molecule has 0 saturated carbocycles. The highest BCUT2D eigenvalue weighted by Crippen LogP contribution is 2.15. The van der Waals surface area contributed by atoms with Crippen molar-refractivity contribution >= 4 is 12.0 Å². The van der Waals surface area contributed by atoms with Crippen molar-refractivity contribution in [1.82, 2.24) is 25.6 Å². The highest BCUT2D eigenvalue weighted by atomic mass is 16.2. The molecule has 2 aromatic heterocycles. The topological polar surface area (TPSA) is 83.0 Å². The van der Waals surface area contributed by atoms with E-state index in [1.54, 1.807) is 30.9 Å². The number of nitrogens with one attached hydrogen (secondary N) is 2. The maximum Gasteiger partial charge on any atom is 0.315 e. The van der Waals surface area contributed by atoms with Crippen LogP contribution in [0.5, 0.6) is 0 Å². The van der Waals surface area contributed by atoms with E-state index >= 15 is 0 Å². The smallest absolute Gasteiger partial charge is 0.315 e. The number of amides is 2. The first-order valence-corrected chi connectivity index (χ1v) is 7.76. The summed E-state index contributed by atoms with van der Waals surface area (Å²) in [5.41, 5.74) is 0.977. The third kappa shape index (κ3) is 4.38. The second-order valence-electron chi connectivity index (χ2n) is 5.52. The summed E-state index contributed by atoms with van der Waals surface area (Å²) in [5, 5.41) is 5.88. The second kappa shape index (κ2) is 7.53. The summed E-state index contributed by atoms with van der Waals surface area (Å²) >= 11 is 0. The monoisotopic (exact) mass is 312 g/mol. The predicted molar refractivity (Wildman–Crippen MR) is 86.9 cm³/mol. The summed E-state index contributed by atoms with van der Waals surface area (Å²) in [6.07, 6.45) is 8.90. The second-order valence-corrected chi connectivity index (χ2v) is 5.52. The highest BCUT2D eigenvalue weighted by molar-refractivity contribution is 5.74. The van der Waals surface area contributed by atoms with Gasteiger partial charge in [0.15, 0.2) is 0 Å². The Hall–Kier alpha value is -2.70. The molecule has 3 rings (SSSR count). The van der Waals surface area contributed by atoms with Crippen LogP contribution in [0.3, 0.4) is 0 Å². The molecular weight excluding hydrogens is 292 g/mol. The zero-order chi connectivity index (χ0) is 15.9. The molecular formula is C16H20N6O. The van der Waals surface area contributed by atoms with Gasteiger partial charge in [-0.1, -0.05) is 6.07 Å². The molecule has 7 nitrogen and oxygen atoms in total. The lowest BCUT2D eigenvalue weighted by atomic mass is 10.1. The van der Waals surface area contributed by atoms with E-state index in [1.807, 2.05) is 12.1 Å². The summed E-state index contributed by atoms with van der Waals surface area (Å²) in [6.45, 7) is 2.11. The number of nitrogens with zero attached hydrogens (tertiary/aromatic N) is 4. The molecule has 1 aliphatic rings. The normalized spacial score (nSPS) is 17.6. The van der Waals surface area contributed by atoms with Crippen LogP contribution < -0.4 is 15.5 Å². The molecule has 1 fully saturated rings. The maximum atomic E-state index is 12.0. The van der Waals surface area contributed by atoms with E-state index in [2.05, 4.69) is 30.5 Å². The minimum Gasteiger partial charge on any atom is -0.339 e. The zero-order valence-corrected chi connectivity index (χ0v) is 12.9. The van der Waals surface area contributed by atoms with E-state index in [0.717, 1.165) is 37.4 Å². The van der Waals surface area contributed by atoms with E-state index in [9.17, 15) is 4.79 Å². The fourth-order valence-corrected chi connectivity index (χ4v) is 2.65. The van der Waals surface area contributed by atoms with Crippen LogP contribution in [-0.2, 0) is 6.54 Å². The number of carbonyl (C=O) groups excluding carboxylic acids is 1. The Morgan fingerprint density at radius 3 is 2.91 bits per heavy atom. The number of urea groups is 1. The predicted octanol–water partition coefficient (Wildman–Crippen LogP) is 1.34. The molecule has 0 radical (unpaired) electrons. The Kier molecular flexibility index (Phi) is 4.98. The standard InChI is InChI=1S/C16H20N6O/c23-16(20-11-13-4-1-6-17-10-13)21-14-5-2-9-22(12-14)15-18-7-3-8-19-15/h1,3-4,6-8,10,14H,2,5,9,11-12H2,(H2,20,21,23). The fraction of sp³-hybridized carbons (Fsp3) is 0.375. The van der Waals surface area contributed by atoms with Crippen LogP contribution in [0, 0.1) is 0 Å². The van der Waals surface area contributed by atoms with E-state index in [0.29, 0.717) is 6.54 Å². The Morgan fingerprint density at radius 1 is 1.26 bits per heavy atom. The summed E-state index contributed by atoms with van der Waals surface area (Å²) < 4.78 is 0. The number of aromatic nitrogens is 3. The average molecular weight is 312 g/mol. The molecule has 120 valence electrons. The van der Waals surface area contributed by atoms with Crippen molar-refractivity contribution in [2.24, 2.45) is 0 Å². The lowest BCUT2D eigenvalue weighted by molar-refractivity contribution is 0.234. The number of pyridine rings is 1. The van der Waals surface area contributed by atoms with Crippen molar-refractivity contribution in [3.63, 3.8) is 0 Å². The molecule has 0 spiro atoms. The number of piperidine rings is 1. The van der Waals surface area contributed by atoms with Gasteiger partial charge in [-0.2, -0.15) is 0 Å². The van der Waals surface area contributed by atoms with Crippen molar-refractivity contribution in [3.8, 4) is 0 Å². The molecule has 2 amide bonds. The lowest BCUT2D eigenvalue weighted by Crippen LogP contribution is -2.50. The van der Waals surface area contributed by atoms with Crippen molar-refractivity contribution < 1.29 is 4.79 Å². The molecule has 1 unspecified atom stereocenters. The van der Waals surface area contributed by atoms with E-state index in [4.69, 9.17) is 0 Å². The van der Waals surface area contributed by atoms with Gasteiger partial charge in [0.25, 0.3) is 0 Å². The molecule has 0 aromatic carbocycles. The van der Waals surface area contributed by atoms with E-state index in [-0.39, 0.29) is 12.1 Å². The fourth-order valence-electron chi connectivity index (χ4n) is 2.65. The van der Waals surface area contributed by atoms with Crippen LogP contribution in [0.25, 0.3) is 0 Å². The molecule has 2 N–H and O–H groups in total. The highest BCUT2D eigenvalue weighted by Gasteiger charge is 2.22. The van der Waals surface area contributed by atoms with Gasteiger partial charge in [0.1, 0.15) is 0 Å². The summed E-state index contributed by atoms with van der Waals surface area (Å²) in [4.78, 5) is 26.7. The average Bonchev–Trinajstić information content (AvgIpc) is 2.62. The summed E-state index contributed by atoms with van der Waals surface area (Å²) in [6, 6.07) is 5.53. The summed E-state index contributed by atoms with van der Waals surface area (Å²) in [7, 11) is 0. The molecule has 0 aliphatic carbocycles. The molecule has 3 heterocycles. The van der Waals surface area contributed by atoms with Crippen LogP contribution in [0.2, 0.25) is 0 Å². The van der Waals surface area contributed by atoms with Crippen molar-refractivity contribution in [3.05, 3.63) is 48.5 Å². The van der Waals surface area contributed by atoms with Crippen molar-refractivity contribution in [2.75, 3.05) is 18.0 Å². The van der Waals surface area contributed by atoms with Crippen LogP contribution in [0.4, 0.5) is 10.7 Å². The van der Waals surface area contributed by atoms with Crippen molar-refractivity contribution in [2.45, 2.75) is 25.4 Å². The van der Waals surface area contributed by atoms with Gasteiger partial charge in [-0.15, -0.1) is 0 Å². The molecule has 7 heteroatoms. The number of hydrogen-bond donors (Lipinski definition) is 2. The van der Waals surface area contributed by atoms with Gasteiger partial charge in [0, 0.05) is 50.5 Å². The molecule has 1 saturated heterocycles. The van der Waals surface area contributed by atoms with Gasteiger partial charge in [0.2, 0.25) is 5.95 Å². The third-order valence-corrected chi connectivity index (χ3v) is 3.77. The Balaban J connectivity index is 1.48. The van der Waals surface area contributed by atoms with Crippen molar-refractivity contribution in [1.29, 1.82) is 0 Å². The Bertz CT molecular complexity index is 621. The quantitative estimate of drug-likeness (QED) is 0.890. The Morgan fingerprint density at radius 2 is 2.13 bits per heavy atom. The number of hydrogen-bond acceptors (Lipinski definition) is 5. The van der Waals surface area contributed by atoms with Gasteiger partial charge in [-0.05, 0) is 30.5 Å². The van der Waals surface area contributed by atoms with E-state index in [1.165, 1.54) is 0 Å². The summed E-state index contributed by atoms with van der Waals surface area (Å²) in [5.74, 6) is 0.717. The van der Waals surface area contributed by atoms with Gasteiger partial charge in [-0.3, -0.25) is 4.98 Å². The van der Waals surface area contributed by atoms with Crippen LogP contribution in [0.1, 0.15) is 18.4 Å². The van der Waals surface area contributed by atoms with Gasteiger partial charge in [-0.25, -0.2) is 14.8 Å². The Labute approximate surface area is 135 Å². The van der Waals surface area contributed by atoms with Crippen LogP contribution in [-0.4, -0.2) is 40.1 Å². The first-order chi connectivity index (χ1) is 11.3. The van der Waals surface area contributed by atoms with Gasteiger partial charge < -0.3 is 15.5 Å². The van der Waals surface area contributed by atoms with Crippen LogP contribution in [0.15, 0.2) is 43.0 Å². The SMILES string of the molecule is O=C(NCc1cccnc1)NC1CCCN(c2ncccn2)C1. The molecule has 2 aromatic rings. The molecule has 1 atom stereocenters. The third-order valence-electron chi connectivity index (χ3n) is 3.77. The molecule has 0 bridgehead atoms. The van der Waals surface area contributed by atoms with Gasteiger partial charge >= 0.3 is 6.03 Å². The first kappa shape index (κ1) is 15.2.